The van der Waals surface area contributed by atoms with E-state index in [2.05, 4.69) is 6.92 Å². The van der Waals surface area contributed by atoms with Crippen LogP contribution in [0.3, 0.4) is 0 Å². The molecule has 2 heteroatoms. The summed E-state index contributed by atoms with van der Waals surface area (Å²) in [5.74, 6) is 0. The lowest BCUT2D eigenvalue weighted by atomic mass is 9.94. The summed E-state index contributed by atoms with van der Waals surface area (Å²) in [4.78, 5) is 0. The average molecular weight is 156 g/mol. The maximum Gasteiger partial charge on any atom is 0.0920 e. The maximum atomic E-state index is 9.70. The van der Waals surface area contributed by atoms with Crippen molar-refractivity contribution >= 4 is 0 Å². The van der Waals surface area contributed by atoms with E-state index in [-0.39, 0.29) is 17.3 Å². The molecular weight excluding hydrogens is 140 g/mol. The van der Waals surface area contributed by atoms with Crippen LogP contribution in [-0.2, 0) is 4.74 Å². The van der Waals surface area contributed by atoms with Crippen molar-refractivity contribution in [3.05, 3.63) is 0 Å². The minimum Gasteiger partial charge on any atom is -0.390 e. The van der Waals surface area contributed by atoms with Gasteiger partial charge in [-0.3, -0.25) is 0 Å². The molecule has 2 nitrogen and oxygen atoms in total. The average Bonchev–Trinajstić information content (AvgIpc) is 1.99. The third kappa shape index (κ3) is 1.00. The van der Waals surface area contributed by atoms with Gasteiger partial charge in [-0.25, -0.2) is 0 Å². The second kappa shape index (κ2) is 1.99. The monoisotopic (exact) mass is 156 g/mol. The number of ether oxygens (including phenoxy) is 1. The van der Waals surface area contributed by atoms with Gasteiger partial charge in [0.05, 0.1) is 17.3 Å². The lowest BCUT2D eigenvalue weighted by Gasteiger charge is -2.36. The topological polar surface area (TPSA) is 29.5 Å². The second-order valence-electron chi connectivity index (χ2n) is 4.44. The van der Waals surface area contributed by atoms with Gasteiger partial charge in [0.25, 0.3) is 0 Å². The summed E-state index contributed by atoms with van der Waals surface area (Å²) in [6.07, 6.45) is 3.91. The molecule has 0 spiro atoms. The molecule has 0 aromatic rings. The van der Waals surface area contributed by atoms with E-state index >= 15 is 0 Å². The fourth-order valence-corrected chi connectivity index (χ4v) is 2.48. The summed E-state index contributed by atoms with van der Waals surface area (Å²) in [6.45, 7) is 4.14. The summed E-state index contributed by atoms with van der Waals surface area (Å²) in [5, 5.41) is 9.70. The van der Waals surface area contributed by atoms with Crippen LogP contribution in [0, 0.1) is 0 Å². The van der Waals surface area contributed by atoms with Crippen LogP contribution < -0.4 is 0 Å². The van der Waals surface area contributed by atoms with Gasteiger partial charge in [0.1, 0.15) is 0 Å². The standard InChI is InChI=1S/C9H16O2/c1-8-4-3-5-9(2,11-8)7(10)6-8/h7,10H,3-6H2,1-2H3. The van der Waals surface area contributed by atoms with Crippen molar-refractivity contribution in [1.82, 2.24) is 0 Å². The molecule has 0 radical (unpaired) electrons. The first kappa shape index (κ1) is 7.56. The maximum absolute atomic E-state index is 9.70. The third-order valence-corrected chi connectivity index (χ3v) is 3.19. The highest BCUT2D eigenvalue weighted by Crippen LogP contribution is 2.47. The fourth-order valence-electron chi connectivity index (χ4n) is 2.48. The van der Waals surface area contributed by atoms with Crippen LogP contribution in [0.2, 0.25) is 0 Å². The summed E-state index contributed by atoms with van der Waals surface area (Å²) in [7, 11) is 0. The molecule has 3 unspecified atom stereocenters. The highest BCUT2D eigenvalue weighted by Gasteiger charge is 2.52. The largest absolute Gasteiger partial charge is 0.390 e. The highest BCUT2D eigenvalue weighted by molar-refractivity contribution is 5.02. The predicted molar refractivity (Wildman–Crippen MR) is 42.4 cm³/mol. The molecule has 1 N–H and O–H groups in total. The van der Waals surface area contributed by atoms with Crippen molar-refractivity contribution in [2.24, 2.45) is 0 Å². The summed E-state index contributed by atoms with van der Waals surface area (Å²) >= 11 is 0. The number of hydrogen-bond acceptors (Lipinski definition) is 2. The molecule has 2 heterocycles. The molecule has 11 heavy (non-hydrogen) atoms. The van der Waals surface area contributed by atoms with Crippen molar-refractivity contribution in [1.29, 1.82) is 0 Å². The molecule has 0 amide bonds. The quantitative estimate of drug-likeness (QED) is 0.575. The molecule has 2 aliphatic rings. The van der Waals surface area contributed by atoms with Crippen LogP contribution in [0.4, 0.5) is 0 Å². The molecule has 2 rings (SSSR count). The Hall–Kier alpha value is -0.0800. The van der Waals surface area contributed by atoms with Crippen LogP contribution in [0.15, 0.2) is 0 Å². The molecule has 0 saturated carbocycles. The Morgan fingerprint density at radius 1 is 1.36 bits per heavy atom. The Balaban J connectivity index is 2.26. The van der Waals surface area contributed by atoms with Gasteiger partial charge < -0.3 is 9.84 Å². The summed E-state index contributed by atoms with van der Waals surface area (Å²) < 4.78 is 5.83. The lowest BCUT2D eigenvalue weighted by molar-refractivity contribution is -0.139. The van der Waals surface area contributed by atoms with E-state index in [0.717, 1.165) is 19.3 Å². The van der Waals surface area contributed by atoms with E-state index in [1.165, 1.54) is 6.42 Å². The number of aliphatic hydroxyl groups excluding tert-OH is 1. The Morgan fingerprint density at radius 2 is 2.09 bits per heavy atom. The van der Waals surface area contributed by atoms with Crippen LogP contribution in [0.5, 0.6) is 0 Å². The molecule has 3 atom stereocenters. The number of hydrogen-bond donors (Lipinski definition) is 1. The first-order valence-electron chi connectivity index (χ1n) is 4.42. The van der Waals surface area contributed by atoms with Gasteiger partial charge in [-0.1, -0.05) is 0 Å². The van der Waals surface area contributed by atoms with Crippen LogP contribution in [0.25, 0.3) is 0 Å². The van der Waals surface area contributed by atoms with E-state index in [4.69, 9.17) is 4.74 Å². The Labute approximate surface area is 67.6 Å². The number of aliphatic hydroxyl groups is 1. The van der Waals surface area contributed by atoms with E-state index < -0.39 is 0 Å². The van der Waals surface area contributed by atoms with Crippen LogP contribution in [-0.4, -0.2) is 22.4 Å². The Bertz CT molecular complexity index is 180. The van der Waals surface area contributed by atoms with E-state index in [1.807, 2.05) is 6.92 Å². The number of fused-ring (bicyclic) bond motifs is 2. The van der Waals surface area contributed by atoms with Gasteiger partial charge in [-0.2, -0.15) is 0 Å². The van der Waals surface area contributed by atoms with Crippen molar-refractivity contribution in [2.45, 2.75) is 56.8 Å². The van der Waals surface area contributed by atoms with E-state index in [1.54, 1.807) is 0 Å². The van der Waals surface area contributed by atoms with Gasteiger partial charge in [-0.05, 0) is 33.1 Å². The van der Waals surface area contributed by atoms with E-state index in [0.29, 0.717) is 0 Å². The van der Waals surface area contributed by atoms with Gasteiger partial charge in [0.2, 0.25) is 0 Å². The van der Waals surface area contributed by atoms with Gasteiger partial charge in [0, 0.05) is 6.42 Å². The predicted octanol–water partition coefficient (Wildman–Crippen LogP) is 1.47. The van der Waals surface area contributed by atoms with Crippen molar-refractivity contribution < 1.29 is 9.84 Å². The summed E-state index contributed by atoms with van der Waals surface area (Å²) in [5.41, 5.74) is -0.251. The van der Waals surface area contributed by atoms with Crippen molar-refractivity contribution in [2.75, 3.05) is 0 Å². The molecule has 2 bridgehead atoms. The Kier molecular flexibility index (Phi) is 1.37. The molecule has 64 valence electrons. The third-order valence-electron chi connectivity index (χ3n) is 3.19. The number of rotatable bonds is 0. The Morgan fingerprint density at radius 3 is 2.64 bits per heavy atom. The van der Waals surface area contributed by atoms with Gasteiger partial charge in [-0.15, -0.1) is 0 Å². The molecule has 2 aliphatic heterocycles. The van der Waals surface area contributed by atoms with Gasteiger partial charge >= 0.3 is 0 Å². The van der Waals surface area contributed by atoms with Crippen LogP contribution >= 0.6 is 0 Å². The molecule has 0 aromatic heterocycles. The molecule has 2 fully saturated rings. The highest BCUT2D eigenvalue weighted by atomic mass is 16.5. The molecule has 0 aromatic carbocycles. The first-order chi connectivity index (χ1) is 5.04. The molecular formula is C9H16O2. The zero-order chi connectivity index (χ0) is 8.11. The minimum absolute atomic E-state index is 0.0214. The molecule has 0 aliphatic carbocycles. The first-order valence-corrected chi connectivity index (χ1v) is 4.42. The smallest absolute Gasteiger partial charge is 0.0920 e. The zero-order valence-electron chi connectivity index (χ0n) is 7.26. The zero-order valence-corrected chi connectivity index (χ0v) is 7.26. The lowest BCUT2D eigenvalue weighted by Crippen LogP contribution is -2.39. The van der Waals surface area contributed by atoms with Crippen molar-refractivity contribution in [3.63, 3.8) is 0 Å². The molecule has 2 saturated heterocycles. The fraction of sp³-hybridized carbons (Fsp3) is 1.00. The van der Waals surface area contributed by atoms with Gasteiger partial charge in [0.15, 0.2) is 0 Å². The van der Waals surface area contributed by atoms with Crippen molar-refractivity contribution in [3.8, 4) is 0 Å². The van der Waals surface area contributed by atoms with Crippen LogP contribution in [0.1, 0.15) is 39.5 Å². The SMILES string of the molecule is CC12CCCC(C)(O1)C(O)C2. The minimum atomic E-state index is -0.241. The van der Waals surface area contributed by atoms with E-state index in [9.17, 15) is 5.11 Å². The second-order valence-corrected chi connectivity index (χ2v) is 4.44. The summed E-state index contributed by atoms with van der Waals surface area (Å²) in [6, 6.07) is 0. The normalized spacial score (nSPS) is 56.5.